The van der Waals surface area contributed by atoms with Crippen molar-refractivity contribution in [3.05, 3.63) is 23.8 Å². The number of sulfonamides is 1. The molecular formula is C15H20N2O3S. The number of fused-ring (bicyclic) bond motifs is 1. The Morgan fingerprint density at radius 1 is 1.38 bits per heavy atom. The maximum absolute atomic E-state index is 12.2. The van der Waals surface area contributed by atoms with Crippen LogP contribution in [-0.2, 0) is 21.2 Å². The third kappa shape index (κ3) is 2.77. The highest BCUT2D eigenvalue weighted by Crippen LogP contribution is 2.38. The van der Waals surface area contributed by atoms with Gasteiger partial charge in [-0.25, -0.2) is 8.42 Å². The van der Waals surface area contributed by atoms with Gasteiger partial charge in [-0.2, -0.15) is 0 Å². The molecular weight excluding hydrogens is 288 g/mol. The average molecular weight is 308 g/mol. The van der Waals surface area contributed by atoms with E-state index in [1.807, 2.05) is 13.0 Å². The van der Waals surface area contributed by atoms with Crippen molar-refractivity contribution in [2.45, 2.75) is 26.2 Å². The minimum absolute atomic E-state index is 0.0215. The monoisotopic (exact) mass is 308 g/mol. The molecule has 0 radical (unpaired) electrons. The Hall–Kier alpha value is -1.56. The molecule has 0 bridgehead atoms. The maximum atomic E-state index is 12.2. The minimum atomic E-state index is -3.26. The Kier molecular flexibility index (Phi) is 3.43. The van der Waals surface area contributed by atoms with E-state index in [0.29, 0.717) is 24.6 Å². The number of nitrogens with zero attached hydrogens (tertiary/aromatic N) is 1. The first-order chi connectivity index (χ1) is 9.88. The number of carbonyl (C=O) groups is 1. The molecule has 6 heteroatoms. The Morgan fingerprint density at radius 2 is 2.10 bits per heavy atom. The predicted octanol–water partition coefficient (Wildman–Crippen LogP) is 1.99. The first-order valence-electron chi connectivity index (χ1n) is 7.28. The van der Waals surface area contributed by atoms with Gasteiger partial charge in [0.05, 0.1) is 11.9 Å². The average Bonchev–Trinajstić information content (AvgIpc) is 3.15. The van der Waals surface area contributed by atoms with Crippen LogP contribution in [0.5, 0.6) is 0 Å². The van der Waals surface area contributed by atoms with E-state index in [2.05, 4.69) is 5.32 Å². The van der Waals surface area contributed by atoms with Gasteiger partial charge in [0.2, 0.25) is 15.9 Å². The summed E-state index contributed by atoms with van der Waals surface area (Å²) in [6.45, 7) is 2.40. The van der Waals surface area contributed by atoms with Gasteiger partial charge in [0.1, 0.15) is 0 Å². The van der Waals surface area contributed by atoms with Crippen molar-refractivity contribution in [2.75, 3.05) is 22.4 Å². The maximum Gasteiger partial charge on any atom is 0.232 e. The molecule has 0 aromatic heterocycles. The lowest BCUT2D eigenvalue weighted by atomic mass is 10.0. The summed E-state index contributed by atoms with van der Waals surface area (Å²) >= 11 is 0. The molecule has 0 saturated heterocycles. The topological polar surface area (TPSA) is 66.5 Å². The zero-order chi connectivity index (χ0) is 15.2. The molecule has 1 aliphatic carbocycles. The second-order valence-electron chi connectivity index (χ2n) is 6.00. The van der Waals surface area contributed by atoms with Crippen LogP contribution in [0.3, 0.4) is 0 Å². The van der Waals surface area contributed by atoms with Gasteiger partial charge in [-0.05, 0) is 37.3 Å². The van der Waals surface area contributed by atoms with Gasteiger partial charge >= 0.3 is 0 Å². The van der Waals surface area contributed by atoms with E-state index in [1.54, 1.807) is 12.1 Å². The lowest BCUT2D eigenvalue weighted by Gasteiger charge is -2.17. The van der Waals surface area contributed by atoms with Crippen LogP contribution >= 0.6 is 0 Å². The van der Waals surface area contributed by atoms with Crippen LogP contribution in [0, 0.1) is 11.8 Å². The fraction of sp³-hybridized carbons (Fsp3) is 0.533. The number of rotatable bonds is 4. The molecule has 1 saturated carbocycles. The third-order valence-corrected chi connectivity index (χ3v) is 5.57. The van der Waals surface area contributed by atoms with Gasteiger partial charge in [0.15, 0.2) is 0 Å². The van der Waals surface area contributed by atoms with E-state index in [0.717, 1.165) is 24.1 Å². The van der Waals surface area contributed by atoms with Crippen LogP contribution in [0.2, 0.25) is 0 Å². The fourth-order valence-corrected chi connectivity index (χ4v) is 3.87. The number of hydrogen-bond acceptors (Lipinski definition) is 3. The van der Waals surface area contributed by atoms with Crippen molar-refractivity contribution in [3.63, 3.8) is 0 Å². The second-order valence-corrected chi connectivity index (χ2v) is 7.91. The van der Waals surface area contributed by atoms with E-state index in [-0.39, 0.29) is 11.8 Å². The molecule has 21 heavy (non-hydrogen) atoms. The van der Waals surface area contributed by atoms with Crippen LogP contribution in [0.25, 0.3) is 0 Å². The van der Waals surface area contributed by atoms with Gasteiger partial charge in [-0.15, -0.1) is 0 Å². The quantitative estimate of drug-likeness (QED) is 0.925. The van der Waals surface area contributed by atoms with Crippen molar-refractivity contribution < 1.29 is 13.2 Å². The molecule has 1 aromatic rings. The Labute approximate surface area is 125 Å². The molecule has 0 spiro atoms. The number of carbonyl (C=O) groups excluding carboxylic acids is 1. The molecule has 1 aliphatic heterocycles. The Morgan fingerprint density at radius 3 is 2.71 bits per heavy atom. The summed E-state index contributed by atoms with van der Waals surface area (Å²) in [6.07, 6.45) is 4.10. The summed E-state index contributed by atoms with van der Waals surface area (Å²) in [5.74, 6) is 0.561. The molecule has 3 rings (SSSR count). The molecule has 1 N–H and O–H groups in total. The first-order valence-corrected chi connectivity index (χ1v) is 9.13. The normalized spacial score (nSPS) is 19.2. The van der Waals surface area contributed by atoms with Crippen molar-refractivity contribution in [1.82, 2.24) is 0 Å². The van der Waals surface area contributed by atoms with E-state index >= 15 is 0 Å². The fourth-order valence-electron chi connectivity index (χ4n) is 2.92. The summed E-state index contributed by atoms with van der Waals surface area (Å²) < 4.78 is 25.0. The van der Waals surface area contributed by atoms with Crippen molar-refractivity contribution in [1.29, 1.82) is 0 Å². The highest BCUT2D eigenvalue weighted by Gasteiger charge is 2.33. The summed E-state index contributed by atoms with van der Waals surface area (Å²) in [5, 5.41) is 2.97. The van der Waals surface area contributed by atoms with E-state index in [9.17, 15) is 13.2 Å². The number of hydrogen-bond donors (Lipinski definition) is 1. The number of anilines is 2. The lowest BCUT2D eigenvalue weighted by Crippen LogP contribution is -2.27. The molecule has 5 nitrogen and oxygen atoms in total. The lowest BCUT2D eigenvalue weighted by molar-refractivity contribution is -0.119. The SMILES string of the molecule is C[C@H](C(=O)Nc1cccc2c1CCN2S(C)(=O)=O)C1CC1. The Balaban J connectivity index is 1.85. The highest BCUT2D eigenvalue weighted by atomic mass is 32.2. The van der Waals surface area contributed by atoms with Crippen molar-refractivity contribution in [2.24, 2.45) is 11.8 Å². The minimum Gasteiger partial charge on any atom is -0.326 e. The van der Waals surface area contributed by atoms with Crippen LogP contribution < -0.4 is 9.62 Å². The van der Waals surface area contributed by atoms with E-state index in [1.165, 1.54) is 10.6 Å². The summed E-state index contributed by atoms with van der Waals surface area (Å²) in [7, 11) is -3.26. The number of nitrogens with one attached hydrogen (secondary N) is 1. The Bertz CT molecular complexity index is 680. The summed E-state index contributed by atoms with van der Waals surface area (Å²) in [6, 6.07) is 5.44. The molecule has 1 fully saturated rings. The standard InChI is InChI=1S/C15H20N2O3S/c1-10(11-6-7-11)15(18)16-13-4-3-5-14-12(13)8-9-17(14)21(2,19)20/h3-5,10-11H,6-9H2,1-2H3,(H,16,18)/t10-/m0/s1. The smallest absolute Gasteiger partial charge is 0.232 e. The van der Waals surface area contributed by atoms with E-state index < -0.39 is 10.0 Å². The van der Waals surface area contributed by atoms with Crippen molar-refractivity contribution >= 4 is 27.3 Å². The predicted molar refractivity (Wildman–Crippen MR) is 82.9 cm³/mol. The van der Waals surface area contributed by atoms with Gasteiger partial charge in [-0.3, -0.25) is 9.10 Å². The van der Waals surface area contributed by atoms with Gasteiger partial charge in [0.25, 0.3) is 0 Å². The number of amides is 1. The molecule has 0 unspecified atom stereocenters. The molecule has 1 aromatic carbocycles. The van der Waals surface area contributed by atoms with Crippen LogP contribution in [0.1, 0.15) is 25.3 Å². The first kappa shape index (κ1) is 14.4. The van der Waals surface area contributed by atoms with Gasteiger partial charge in [0, 0.05) is 23.7 Å². The summed E-state index contributed by atoms with van der Waals surface area (Å²) in [5.41, 5.74) is 2.35. The molecule has 1 amide bonds. The van der Waals surface area contributed by atoms with Crippen LogP contribution in [-0.4, -0.2) is 27.1 Å². The zero-order valence-electron chi connectivity index (χ0n) is 12.3. The molecule has 2 aliphatic rings. The molecule has 114 valence electrons. The third-order valence-electron chi connectivity index (χ3n) is 4.39. The second kappa shape index (κ2) is 5.02. The van der Waals surface area contributed by atoms with Gasteiger partial charge < -0.3 is 5.32 Å². The summed E-state index contributed by atoms with van der Waals surface area (Å²) in [4.78, 5) is 12.2. The van der Waals surface area contributed by atoms with Gasteiger partial charge in [-0.1, -0.05) is 13.0 Å². The van der Waals surface area contributed by atoms with E-state index in [4.69, 9.17) is 0 Å². The highest BCUT2D eigenvalue weighted by molar-refractivity contribution is 7.92. The molecule has 1 heterocycles. The molecule has 1 atom stereocenters. The number of benzene rings is 1. The van der Waals surface area contributed by atoms with Crippen LogP contribution in [0.15, 0.2) is 18.2 Å². The van der Waals surface area contributed by atoms with Crippen molar-refractivity contribution in [3.8, 4) is 0 Å². The zero-order valence-corrected chi connectivity index (χ0v) is 13.1. The van der Waals surface area contributed by atoms with Crippen LogP contribution in [0.4, 0.5) is 11.4 Å². The largest absolute Gasteiger partial charge is 0.326 e.